The Bertz CT molecular complexity index is 62.3. The number of hydrogen-bond donors (Lipinski definition) is 0. The average Bonchev–Trinajstić information content (AvgIpc) is 1.67. The fourth-order valence-electron chi connectivity index (χ4n) is 0.704. The van der Waals surface area contributed by atoms with Gasteiger partial charge in [0.1, 0.15) is 0 Å². The van der Waals surface area contributed by atoms with Crippen molar-refractivity contribution in [3.05, 3.63) is 0 Å². The van der Waals surface area contributed by atoms with Crippen LogP contribution in [0.3, 0.4) is 0 Å². The Morgan fingerprint density at radius 3 is 1.70 bits per heavy atom. The van der Waals surface area contributed by atoms with Crippen LogP contribution in [0.2, 0.25) is 19.1 Å². The first-order valence-electron chi connectivity index (χ1n) is 3.17. The molecule has 2 heteroatoms. The van der Waals surface area contributed by atoms with E-state index in [0.29, 0.717) is 0 Å². The summed E-state index contributed by atoms with van der Waals surface area (Å²) in [6.07, 6.45) is 1.26. The lowest BCUT2D eigenvalue weighted by Crippen LogP contribution is -2.27. The van der Waals surface area contributed by atoms with Gasteiger partial charge in [0.25, 0.3) is 0 Å². The third kappa shape index (κ3) is 8.18. The Balaban J connectivity index is -0.000000245. The highest BCUT2D eigenvalue weighted by Crippen LogP contribution is 2.10. The van der Waals surface area contributed by atoms with Crippen LogP contribution in [0.15, 0.2) is 0 Å². The van der Waals surface area contributed by atoms with Crippen LogP contribution in [0.5, 0.6) is 0 Å². The molecule has 1 nitrogen and oxygen atoms in total. The van der Waals surface area contributed by atoms with E-state index in [1.165, 1.54) is 12.5 Å². The molecular formula is C8H24OSi. The summed E-state index contributed by atoms with van der Waals surface area (Å²) in [5.41, 5.74) is 0. The summed E-state index contributed by atoms with van der Waals surface area (Å²) in [5.74, 6) is 0. The lowest BCUT2D eigenvalue weighted by atomic mass is 10.6. The van der Waals surface area contributed by atoms with Gasteiger partial charge in [-0.15, -0.1) is 0 Å². The molecule has 0 saturated carbocycles. The van der Waals surface area contributed by atoms with Crippen molar-refractivity contribution >= 4 is 8.32 Å². The van der Waals surface area contributed by atoms with Gasteiger partial charge in [-0.2, -0.15) is 0 Å². The predicted molar refractivity (Wildman–Crippen MR) is 53.1 cm³/mol. The van der Waals surface area contributed by atoms with Crippen LogP contribution in [-0.4, -0.2) is 15.4 Å². The molecule has 0 atom stereocenters. The van der Waals surface area contributed by atoms with Crippen molar-refractivity contribution in [2.24, 2.45) is 0 Å². The maximum absolute atomic E-state index is 5.32. The SMILES string of the molecule is C.C.CCC[Si](C)(C)OC. The molecule has 0 saturated heterocycles. The van der Waals surface area contributed by atoms with E-state index >= 15 is 0 Å². The predicted octanol–water partition coefficient (Wildman–Crippen LogP) is 3.52. The summed E-state index contributed by atoms with van der Waals surface area (Å²) >= 11 is 0. The minimum atomic E-state index is -1.18. The van der Waals surface area contributed by atoms with E-state index in [1.54, 1.807) is 0 Å². The van der Waals surface area contributed by atoms with Crippen molar-refractivity contribution in [3.8, 4) is 0 Å². The molecular weight excluding hydrogens is 140 g/mol. The van der Waals surface area contributed by atoms with Crippen molar-refractivity contribution in [2.75, 3.05) is 7.11 Å². The second kappa shape index (κ2) is 7.29. The Morgan fingerprint density at radius 1 is 1.20 bits per heavy atom. The van der Waals surface area contributed by atoms with E-state index in [2.05, 4.69) is 20.0 Å². The minimum absolute atomic E-state index is 0. The van der Waals surface area contributed by atoms with Gasteiger partial charge < -0.3 is 4.43 Å². The fourth-order valence-corrected chi connectivity index (χ4v) is 2.11. The molecule has 0 aliphatic heterocycles. The van der Waals surface area contributed by atoms with Gasteiger partial charge >= 0.3 is 0 Å². The van der Waals surface area contributed by atoms with Crippen molar-refractivity contribution in [1.82, 2.24) is 0 Å². The molecule has 10 heavy (non-hydrogen) atoms. The zero-order valence-corrected chi connectivity index (χ0v) is 7.32. The van der Waals surface area contributed by atoms with Gasteiger partial charge in [0, 0.05) is 7.11 Å². The second-order valence-electron chi connectivity index (χ2n) is 2.71. The summed E-state index contributed by atoms with van der Waals surface area (Å²) < 4.78 is 5.32. The second-order valence-corrected chi connectivity index (χ2v) is 7.14. The Hall–Kier alpha value is 0.177. The minimum Gasteiger partial charge on any atom is -0.420 e. The first kappa shape index (κ1) is 16.6. The molecule has 0 unspecified atom stereocenters. The maximum atomic E-state index is 5.32. The normalized spacial score (nSPS) is 9.60. The van der Waals surface area contributed by atoms with Crippen molar-refractivity contribution in [2.45, 2.75) is 47.3 Å². The first-order chi connectivity index (χ1) is 3.62. The van der Waals surface area contributed by atoms with Gasteiger partial charge in [-0.25, -0.2) is 0 Å². The topological polar surface area (TPSA) is 9.23 Å². The molecule has 0 fully saturated rings. The van der Waals surface area contributed by atoms with E-state index in [9.17, 15) is 0 Å². The van der Waals surface area contributed by atoms with Gasteiger partial charge in [0.15, 0.2) is 8.32 Å². The maximum Gasteiger partial charge on any atom is 0.186 e. The fraction of sp³-hybridized carbons (Fsp3) is 1.00. The summed E-state index contributed by atoms with van der Waals surface area (Å²) in [6, 6.07) is 1.28. The number of hydrogen-bond acceptors (Lipinski definition) is 1. The molecule has 66 valence electrons. The summed E-state index contributed by atoms with van der Waals surface area (Å²) in [4.78, 5) is 0. The van der Waals surface area contributed by atoms with Crippen LogP contribution in [0, 0.1) is 0 Å². The van der Waals surface area contributed by atoms with Crippen molar-refractivity contribution in [3.63, 3.8) is 0 Å². The molecule has 0 bridgehead atoms. The van der Waals surface area contributed by atoms with Gasteiger partial charge in [-0.3, -0.25) is 0 Å². The molecule has 0 aromatic heterocycles. The van der Waals surface area contributed by atoms with E-state index < -0.39 is 8.32 Å². The lowest BCUT2D eigenvalue weighted by Gasteiger charge is -2.17. The molecule has 0 N–H and O–H groups in total. The van der Waals surface area contributed by atoms with Crippen LogP contribution >= 0.6 is 0 Å². The summed E-state index contributed by atoms with van der Waals surface area (Å²) in [5, 5.41) is 0. The molecule has 0 aromatic carbocycles. The Labute approximate surface area is 67.9 Å². The van der Waals surface area contributed by atoms with Crippen LogP contribution in [0.4, 0.5) is 0 Å². The zero-order valence-electron chi connectivity index (χ0n) is 6.32. The van der Waals surface area contributed by atoms with Gasteiger partial charge in [0.2, 0.25) is 0 Å². The third-order valence-electron chi connectivity index (χ3n) is 1.40. The molecule has 0 heterocycles. The van der Waals surface area contributed by atoms with Gasteiger partial charge in [-0.05, 0) is 19.1 Å². The van der Waals surface area contributed by atoms with Crippen LogP contribution in [0.25, 0.3) is 0 Å². The van der Waals surface area contributed by atoms with E-state index in [0.717, 1.165) is 0 Å². The highest BCUT2D eigenvalue weighted by atomic mass is 28.4. The van der Waals surface area contributed by atoms with Gasteiger partial charge in [0.05, 0.1) is 0 Å². The number of rotatable bonds is 3. The molecule has 0 amide bonds. The van der Waals surface area contributed by atoms with Crippen molar-refractivity contribution in [1.29, 1.82) is 0 Å². The quantitative estimate of drug-likeness (QED) is 0.580. The highest BCUT2D eigenvalue weighted by molar-refractivity contribution is 6.71. The van der Waals surface area contributed by atoms with Crippen LogP contribution in [0.1, 0.15) is 28.2 Å². The molecule has 0 radical (unpaired) electrons. The van der Waals surface area contributed by atoms with Gasteiger partial charge in [-0.1, -0.05) is 28.2 Å². The molecule has 0 aliphatic rings. The van der Waals surface area contributed by atoms with E-state index in [4.69, 9.17) is 4.43 Å². The molecule has 0 aromatic rings. The lowest BCUT2D eigenvalue weighted by molar-refractivity contribution is 0.403. The molecule has 0 spiro atoms. The highest BCUT2D eigenvalue weighted by Gasteiger charge is 2.17. The third-order valence-corrected chi connectivity index (χ3v) is 4.21. The molecule has 0 rings (SSSR count). The standard InChI is InChI=1S/C6H16OSi.2CH4/c1-5-6-8(3,4)7-2;;/h5-6H2,1-4H3;2*1H4. The smallest absolute Gasteiger partial charge is 0.186 e. The zero-order chi connectivity index (χ0) is 6.62. The first-order valence-corrected chi connectivity index (χ1v) is 6.29. The Kier molecular flexibility index (Phi) is 12.1. The van der Waals surface area contributed by atoms with E-state index in [-0.39, 0.29) is 14.9 Å². The molecule has 0 aliphatic carbocycles. The Morgan fingerprint density at radius 2 is 1.60 bits per heavy atom. The largest absolute Gasteiger partial charge is 0.420 e. The monoisotopic (exact) mass is 164 g/mol. The van der Waals surface area contributed by atoms with Crippen LogP contribution < -0.4 is 0 Å². The van der Waals surface area contributed by atoms with Crippen LogP contribution in [-0.2, 0) is 4.43 Å². The average molecular weight is 164 g/mol. The summed E-state index contributed by atoms with van der Waals surface area (Å²) in [7, 11) is 0.644. The summed E-state index contributed by atoms with van der Waals surface area (Å²) in [6.45, 7) is 6.70. The van der Waals surface area contributed by atoms with E-state index in [1.807, 2.05) is 7.11 Å². The van der Waals surface area contributed by atoms with Crippen molar-refractivity contribution < 1.29 is 4.43 Å².